The van der Waals surface area contributed by atoms with Crippen molar-refractivity contribution in [2.24, 2.45) is 45.4 Å². The van der Waals surface area contributed by atoms with Crippen LogP contribution < -0.4 is 70.4 Å². The number of carbonyl (C=O) groups is 14. The number of primary amides is 1. The zero-order valence-electron chi connectivity index (χ0n) is 57.3. The van der Waals surface area contributed by atoms with Gasteiger partial charge in [-0.25, -0.2) is 4.79 Å². The van der Waals surface area contributed by atoms with Gasteiger partial charge in [0, 0.05) is 30.1 Å². The molecular formula is C61H105BrN16O17S2. The van der Waals surface area contributed by atoms with E-state index in [-0.39, 0.29) is 74.7 Å². The number of alkyl halides is 1. The van der Waals surface area contributed by atoms with Gasteiger partial charge in [-0.15, -0.1) is 0 Å². The molecule has 550 valence electrons. The zero-order valence-corrected chi connectivity index (χ0v) is 60.7. The number of nitrogens with zero attached hydrogens (tertiary/aromatic N) is 3. The maximum Gasteiger partial charge on any atom is 0.326 e. The topological polar surface area (TPSA) is 517 Å². The van der Waals surface area contributed by atoms with E-state index in [1.165, 1.54) is 9.80 Å². The standard InChI is InChI=1S/C61H105BrN16O17S2/c1-12-30(4)43(73-42(82)26-62)53(89)72-38(29-96)50(86)71-36(27-79)48(84)67-33(18-15-21-66-59(64)65)47(83)70-37(28-80)49(85)69-35(25-60(7,8)9)56(92)77-22-16-20-40(77)52(88)74-44(31(5)13-2)54(90)76-46(61(10,11)97)55(91)75-45(32(6)14-3)57(93)78-23-17-19-39(78)51(87)68-34(58(94)95)24-41(63)81/h30-40,43-46,79-80,96-97H,12-29H2,1-11H3,(H2,63,81)(H,67,84)(H,68,87)(H,69,85)(H,70,83)(H,71,86)(H,72,89)(H,73,82)(H,74,88)(H,75,91)(H,76,90)(H,94,95)(H4,64,65,66)/t30-,31-,32-,33-,34-,35-,36-,37-,38-,39-,40-,43-,44-,45-,46+/m0/s1. The van der Waals surface area contributed by atoms with Crippen molar-refractivity contribution in [1.29, 1.82) is 0 Å². The number of halogens is 1. The summed E-state index contributed by atoms with van der Waals surface area (Å²) in [5, 5.41) is 55.9. The van der Waals surface area contributed by atoms with Crippen LogP contribution in [0.25, 0.3) is 0 Å². The average Bonchev–Trinajstić information content (AvgIpc) is 1.78. The van der Waals surface area contributed by atoms with Crippen LogP contribution in [0.4, 0.5) is 0 Å². The van der Waals surface area contributed by atoms with Gasteiger partial charge in [0.2, 0.25) is 76.8 Å². The van der Waals surface area contributed by atoms with Gasteiger partial charge in [-0.3, -0.25) is 67.3 Å². The fourth-order valence-corrected chi connectivity index (χ4v) is 11.4. The number of aliphatic hydroxyl groups is 2. The SMILES string of the molecule is CC[C@H](C)[C@H](NC(=O)CBr)C(=O)N[C@@H](CS)C(=O)N[C@@H](CO)C(=O)N[C@@H](CCCN=C(N)N)C(=O)N[C@@H](CO)C(=O)N[C@@H](CC(C)(C)C)C(=O)N1CCC[C@H]1C(=O)N[C@H](C(=O)N[C@H](C(=O)N[C@H](C(=O)N1CCC[C@H]1C(=O)N[C@@H](CC(N)=O)C(=O)O)[C@@H](C)CC)C(C)(C)S)[C@@H](C)CC. The van der Waals surface area contributed by atoms with Gasteiger partial charge in [0.15, 0.2) is 5.96 Å². The van der Waals surface area contributed by atoms with Gasteiger partial charge in [0.25, 0.3) is 0 Å². The van der Waals surface area contributed by atoms with Crippen molar-refractivity contribution in [2.45, 2.75) is 224 Å². The van der Waals surface area contributed by atoms with Crippen LogP contribution in [0.5, 0.6) is 0 Å². The van der Waals surface area contributed by atoms with E-state index in [2.05, 4.69) is 99.3 Å². The van der Waals surface area contributed by atoms with Crippen molar-refractivity contribution in [3.05, 3.63) is 0 Å². The number of hydrogen-bond donors (Lipinski definition) is 18. The number of nitrogens with one attached hydrogen (secondary N) is 10. The van der Waals surface area contributed by atoms with Crippen LogP contribution in [0.15, 0.2) is 4.99 Å². The lowest BCUT2D eigenvalue weighted by atomic mass is 9.87. The van der Waals surface area contributed by atoms with Crippen LogP contribution in [0, 0.1) is 23.2 Å². The Labute approximate surface area is 585 Å². The molecule has 0 aromatic carbocycles. The number of guanidine groups is 1. The van der Waals surface area contributed by atoms with Crippen LogP contribution in [0.3, 0.4) is 0 Å². The molecule has 0 unspecified atom stereocenters. The number of likely N-dealkylation sites (tertiary alicyclic amines) is 2. The van der Waals surface area contributed by atoms with Gasteiger partial charge in [-0.2, -0.15) is 25.3 Å². The highest BCUT2D eigenvalue weighted by atomic mass is 79.9. The number of amides is 13. The highest BCUT2D eigenvalue weighted by Gasteiger charge is 2.46. The molecule has 97 heavy (non-hydrogen) atoms. The Morgan fingerprint density at radius 1 is 0.557 bits per heavy atom. The Balaban J connectivity index is 2.42. The molecule has 2 saturated heterocycles. The summed E-state index contributed by atoms with van der Waals surface area (Å²) >= 11 is 11.9. The largest absolute Gasteiger partial charge is 0.480 e. The molecule has 19 N–H and O–H groups in total. The van der Waals surface area contributed by atoms with E-state index in [0.29, 0.717) is 32.1 Å². The minimum absolute atomic E-state index is 0.0252. The number of thiol groups is 2. The fraction of sp³-hybridized carbons (Fsp3) is 0.754. The number of aliphatic carboxylic acids is 1. The number of carboxylic acids is 1. The lowest BCUT2D eigenvalue weighted by Gasteiger charge is -2.36. The molecule has 0 aromatic rings. The molecule has 2 aliphatic heterocycles. The van der Waals surface area contributed by atoms with Crippen molar-refractivity contribution < 1.29 is 82.4 Å². The minimum Gasteiger partial charge on any atom is -0.480 e. The van der Waals surface area contributed by atoms with E-state index in [1.54, 1.807) is 76.2 Å². The molecule has 13 amide bonds. The molecule has 2 rings (SSSR count). The normalized spacial score (nSPS) is 18.7. The van der Waals surface area contributed by atoms with Crippen molar-refractivity contribution in [1.82, 2.24) is 63.0 Å². The highest BCUT2D eigenvalue weighted by molar-refractivity contribution is 9.09. The zero-order chi connectivity index (χ0) is 74.0. The van der Waals surface area contributed by atoms with Crippen LogP contribution >= 0.6 is 41.2 Å². The summed E-state index contributed by atoms with van der Waals surface area (Å²) in [7, 11) is 0. The van der Waals surface area contributed by atoms with Crippen molar-refractivity contribution >= 4 is 130 Å². The Kier molecular flexibility index (Phi) is 36.1. The van der Waals surface area contributed by atoms with E-state index in [9.17, 15) is 82.4 Å². The summed E-state index contributed by atoms with van der Waals surface area (Å²) in [6.45, 7) is 16.8. The van der Waals surface area contributed by atoms with Gasteiger partial charge < -0.3 is 95.5 Å². The average molecular weight is 1480 g/mol. The molecule has 0 spiro atoms. The Morgan fingerprint density at radius 3 is 1.43 bits per heavy atom. The minimum atomic E-state index is -1.78. The third kappa shape index (κ3) is 27.3. The number of nitrogens with two attached hydrogens (primary N) is 3. The number of aliphatic hydroxyl groups excluding tert-OH is 2. The van der Waals surface area contributed by atoms with Gasteiger partial charge in [-0.1, -0.05) is 97.5 Å². The molecule has 15 atom stereocenters. The Morgan fingerprint density at radius 2 is 0.990 bits per heavy atom. The van der Waals surface area contributed by atoms with E-state index >= 15 is 0 Å². The van der Waals surface area contributed by atoms with Crippen LogP contribution in [-0.2, 0) is 67.1 Å². The summed E-state index contributed by atoms with van der Waals surface area (Å²) in [5.41, 5.74) is 15.5. The second-order valence-corrected chi connectivity index (χ2v) is 28.5. The number of rotatable bonds is 40. The summed E-state index contributed by atoms with van der Waals surface area (Å²) in [6.07, 6.45) is 1.17. The third-order valence-corrected chi connectivity index (χ3v) is 18.0. The van der Waals surface area contributed by atoms with E-state index < -0.39 is 197 Å². The molecule has 0 aromatic heterocycles. The molecule has 36 heteroatoms. The molecule has 33 nitrogen and oxygen atoms in total. The lowest BCUT2D eigenvalue weighted by molar-refractivity contribution is -0.146. The van der Waals surface area contributed by atoms with Crippen LogP contribution in [0.1, 0.15) is 147 Å². The van der Waals surface area contributed by atoms with Crippen molar-refractivity contribution in [3.8, 4) is 0 Å². The fourth-order valence-electron chi connectivity index (χ4n) is 10.8. The smallest absolute Gasteiger partial charge is 0.326 e. The summed E-state index contributed by atoms with van der Waals surface area (Å²) in [5.74, 6) is -14.6. The van der Waals surface area contributed by atoms with Crippen LogP contribution in [0.2, 0.25) is 0 Å². The van der Waals surface area contributed by atoms with Gasteiger partial charge in [-0.05, 0) is 82.0 Å². The van der Waals surface area contributed by atoms with Crippen molar-refractivity contribution in [2.75, 3.05) is 43.9 Å². The molecule has 2 fully saturated rings. The first-order valence-electron chi connectivity index (χ1n) is 32.6. The first-order chi connectivity index (χ1) is 45.2. The van der Waals surface area contributed by atoms with E-state index in [4.69, 9.17) is 17.2 Å². The van der Waals surface area contributed by atoms with Gasteiger partial charge in [0.1, 0.15) is 72.5 Å². The highest BCUT2D eigenvalue weighted by Crippen LogP contribution is 2.28. The number of aliphatic imine (C=N–C) groups is 1. The maximum atomic E-state index is 14.8. The monoisotopic (exact) mass is 1480 g/mol. The first-order valence-corrected chi connectivity index (χ1v) is 34.8. The van der Waals surface area contributed by atoms with Crippen LogP contribution in [-0.4, -0.2) is 235 Å². The molecule has 0 aliphatic carbocycles. The number of carboxylic acid groups (broad SMARTS) is 1. The summed E-state index contributed by atoms with van der Waals surface area (Å²) in [6, 6.07) is -16.9. The second-order valence-electron chi connectivity index (χ2n) is 26.4. The van der Waals surface area contributed by atoms with E-state index in [0.717, 1.165) is 0 Å². The third-order valence-electron chi connectivity index (χ3n) is 16.9. The lowest BCUT2D eigenvalue weighted by Crippen LogP contribution is -2.64. The molecule has 0 radical (unpaired) electrons. The second kappa shape index (κ2) is 40.7. The van der Waals surface area contributed by atoms with Gasteiger partial charge >= 0.3 is 5.97 Å². The Hall–Kier alpha value is -7.05. The first kappa shape index (κ1) is 86.0. The van der Waals surface area contributed by atoms with Crippen molar-refractivity contribution in [3.63, 3.8) is 0 Å². The summed E-state index contributed by atoms with van der Waals surface area (Å²) in [4.78, 5) is 197. The number of hydrogen-bond acceptors (Lipinski definition) is 19. The summed E-state index contributed by atoms with van der Waals surface area (Å²) < 4.78 is -1.33. The van der Waals surface area contributed by atoms with Gasteiger partial charge in [0.05, 0.1) is 25.0 Å². The Bertz CT molecular complexity index is 2810. The predicted octanol–water partition coefficient (Wildman–Crippen LogP) is -3.58. The molecule has 0 saturated carbocycles. The quantitative estimate of drug-likeness (QED) is 0.00927. The molecule has 0 bridgehead atoms. The van der Waals surface area contributed by atoms with E-state index in [1.807, 2.05) is 0 Å². The predicted molar refractivity (Wildman–Crippen MR) is 367 cm³/mol. The number of carbonyl (C=O) groups excluding carboxylic acids is 13. The maximum absolute atomic E-state index is 14.8. The molecule has 2 aliphatic rings. The molecule has 2 heterocycles. The molecular weight excluding hydrogens is 1370 g/mol.